The standard InChI is InChI=1S/C30H28ClFN4O2S/c1-3-19(2)33-25(37)17-35-26(38)18-39-29(21-10-7-11-22(31)16-21)27-28(20-8-5-4-6-9-20)34-36(30(27)35)24-14-12-23(32)13-15-24/h4-16,19,29H,3,17-18H2,1-2H3,(H,33,37)/t19-,29-/m1/s1. The third kappa shape index (κ3) is 5.72. The third-order valence-corrected chi connectivity index (χ3v) is 8.17. The molecule has 4 aromatic rings. The summed E-state index contributed by atoms with van der Waals surface area (Å²) in [6.45, 7) is 3.75. The molecule has 5 rings (SSSR count). The van der Waals surface area contributed by atoms with Crippen molar-refractivity contribution in [3.63, 3.8) is 0 Å². The van der Waals surface area contributed by atoms with Gasteiger partial charge in [0.05, 0.1) is 22.4 Å². The van der Waals surface area contributed by atoms with Crippen molar-refractivity contribution in [3.8, 4) is 16.9 Å². The lowest BCUT2D eigenvalue weighted by atomic mass is 9.99. The van der Waals surface area contributed by atoms with Crippen LogP contribution in [0.1, 0.15) is 36.6 Å². The van der Waals surface area contributed by atoms with Gasteiger partial charge in [-0.1, -0.05) is 61.0 Å². The predicted octanol–water partition coefficient (Wildman–Crippen LogP) is 6.42. The van der Waals surface area contributed by atoms with E-state index in [2.05, 4.69) is 5.32 Å². The second-order valence-corrected chi connectivity index (χ2v) is 11.0. The van der Waals surface area contributed by atoms with Gasteiger partial charge in [-0.15, -0.1) is 11.8 Å². The zero-order valence-electron chi connectivity index (χ0n) is 21.6. The molecule has 39 heavy (non-hydrogen) atoms. The molecule has 1 N–H and O–H groups in total. The maximum Gasteiger partial charge on any atom is 0.240 e. The zero-order chi connectivity index (χ0) is 27.5. The van der Waals surface area contributed by atoms with E-state index < -0.39 is 0 Å². The second kappa shape index (κ2) is 11.6. The number of aromatic nitrogens is 2. The first kappa shape index (κ1) is 27.0. The van der Waals surface area contributed by atoms with E-state index in [9.17, 15) is 14.0 Å². The van der Waals surface area contributed by atoms with Gasteiger partial charge < -0.3 is 5.32 Å². The summed E-state index contributed by atoms with van der Waals surface area (Å²) in [7, 11) is 0. The molecule has 1 aromatic heterocycles. The number of thioether (sulfide) groups is 1. The molecule has 200 valence electrons. The number of rotatable bonds is 7. The van der Waals surface area contributed by atoms with E-state index in [1.54, 1.807) is 16.8 Å². The van der Waals surface area contributed by atoms with Crippen LogP contribution in [0, 0.1) is 5.82 Å². The SMILES string of the molecule is CC[C@@H](C)NC(=O)CN1C(=O)CS[C@H](c2cccc(Cl)c2)c2c(-c3ccccc3)nn(-c3ccc(F)cc3)c21. The van der Waals surface area contributed by atoms with Crippen molar-refractivity contribution in [2.45, 2.75) is 31.6 Å². The molecule has 9 heteroatoms. The number of halogens is 2. The van der Waals surface area contributed by atoms with Gasteiger partial charge in [-0.2, -0.15) is 5.10 Å². The fourth-order valence-electron chi connectivity index (χ4n) is 4.59. The highest BCUT2D eigenvalue weighted by Crippen LogP contribution is 2.48. The summed E-state index contributed by atoms with van der Waals surface area (Å²) in [5.41, 5.74) is 3.82. The zero-order valence-corrected chi connectivity index (χ0v) is 23.2. The van der Waals surface area contributed by atoms with E-state index in [4.69, 9.17) is 16.7 Å². The molecule has 0 unspecified atom stereocenters. The largest absolute Gasteiger partial charge is 0.352 e. The average molecular weight is 563 g/mol. The Balaban J connectivity index is 1.77. The fourth-order valence-corrected chi connectivity index (χ4v) is 5.98. The molecule has 0 saturated carbocycles. The Morgan fingerprint density at radius 1 is 1.13 bits per heavy atom. The minimum Gasteiger partial charge on any atom is -0.352 e. The maximum absolute atomic E-state index is 13.9. The molecule has 2 heterocycles. The number of hydrogen-bond donors (Lipinski definition) is 1. The van der Waals surface area contributed by atoms with Gasteiger partial charge in [0, 0.05) is 22.2 Å². The highest BCUT2D eigenvalue weighted by molar-refractivity contribution is 8.00. The van der Waals surface area contributed by atoms with Gasteiger partial charge in [0.15, 0.2) is 0 Å². The molecule has 1 aliphatic heterocycles. The molecule has 0 saturated heterocycles. The Labute approximate surface area is 236 Å². The molecule has 1 aliphatic rings. The normalized spacial score (nSPS) is 15.9. The van der Waals surface area contributed by atoms with E-state index in [1.807, 2.05) is 68.4 Å². The number of hydrogen-bond acceptors (Lipinski definition) is 4. The number of nitrogens with one attached hydrogen (secondary N) is 1. The van der Waals surface area contributed by atoms with E-state index in [0.29, 0.717) is 22.2 Å². The van der Waals surface area contributed by atoms with Crippen LogP contribution in [0.4, 0.5) is 10.2 Å². The Kier molecular flexibility index (Phi) is 8.04. The predicted molar refractivity (Wildman–Crippen MR) is 155 cm³/mol. The van der Waals surface area contributed by atoms with Crippen LogP contribution in [0.5, 0.6) is 0 Å². The Morgan fingerprint density at radius 3 is 2.56 bits per heavy atom. The van der Waals surface area contributed by atoms with Crippen molar-refractivity contribution in [2.75, 3.05) is 17.2 Å². The summed E-state index contributed by atoms with van der Waals surface area (Å²) in [6.07, 6.45) is 0.767. The molecule has 3 aromatic carbocycles. The lowest BCUT2D eigenvalue weighted by Gasteiger charge is -2.24. The van der Waals surface area contributed by atoms with Crippen LogP contribution in [0.25, 0.3) is 16.9 Å². The first-order valence-electron chi connectivity index (χ1n) is 12.8. The monoisotopic (exact) mass is 562 g/mol. The highest BCUT2D eigenvalue weighted by Gasteiger charge is 2.37. The topological polar surface area (TPSA) is 67.2 Å². The quantitative estimate of drug-likeness (QED) is 0.282. The van der Waals surface area contributed by atoms with Gasteiger partial charge in [0.25, 0.3) is 0 Å². The highest BCUT2D eigenvalue weighted by atomic mass is 35.5. The minimum absolute atomic E-state index is 0.0328. The maximum atomic E-state index is 13.9. The van der Waals surface area contributed by atoms with E-state index >= 15 is 0 Å². The van der Waals surface area contributed by atoms with Crippen molar-refractivity contribution in [3.05, 3.63) is 101 Å². The Hall–Kier alpha value is -3.62. The molecule has 0 fully saturated rings. The number of nitrogens with zero attached hydrogens (tertiary/aromatic N) is 3. The Bertz CT molecular complexity index is 1490. The van der Waals surface area contributed by atoms with E-state index in [0.717, 1.165) is 23.1 Å². The van der Waals surface area contributed by atoms with Crippen LogP contribution in [0.2, 0.25) is 5.02 Å². The summed E-state index contributed by atoms with van der Waals surface area (Å²) in [5.74, 6) is -0.218. The lowest BCUT2D eigenvalue weighted by molar-refractivity contribution is -0.123. The molecule has 6 nitrogen and oxygen atoms in total. The molecule has 0 spiro atoms. The fraction of sp³-hybridized carbons (Fsp3) is 0.233. The number of anilines is 1. The average Bonchev–Trinajstić information content (AvgIpc) is 3.26. The Morgan fingerprint density at radius 2 is 1.87 bits per heavy atom. The molecular weight excluding hydrogens is 535 g/mol. The van der Waals surface area contributed by atoms with Gasteiger partial charge in [-0.3, -0.25) is 14.5 Å². The number of benzene rings is 3. The van der Waals surface area contributed by atoms with Crippen LogP contribution in [0.3, 0.4) is 0 Å². The second-order valence-electron chi connectivity index (χ2n) is 9.44. The van der Waals surface area contributed by atoms with Crippen molar-refractivity contribution in [2.24, 2.45) is 0 Å². The van der Waals surface area contributed by atoms with Crippen molar-refractivity contribution in [1.82, 2.24) is 15.1 Å². The number of carbonyl (C=O) groups is 2. The summed E-state index contributed by atoms with van der Waals surface area (Å²) in [4.78, 5) is 28.3. The van der Waals surface area contributed by atoms with Gasteiger partial charge in [0.2, 0.25) is 11.8 Å². The van der Waals surface area contributed by atoms with E-state index in [1.165, 1.54) is 28.8 Å². The van der Waals surface area contributed by atoms with E-state index in [-0.39, 0.29) is 41.2 Å². The third-order valence-electron chi connectivity index (χ3n) is 6.68. The first-order valence-corrected chi connectivity index (χ1v) is 14.2. The van der Waals surface area contributed by atoms with Crippen LogP contribution >= 0.6 is 23.4 Å². The van der Waals surface area contributed by atoms with Crippen molar-refractivity contribution in [1.29, 1.82) is 0 Å². The molecule has 2 atom stereocenters. The molecule has 0 aliphatic carbocycles. The molecular formula is C30H28ClFN4O2S. The first-order chi connectivity index (χ1) is 18.9. The van der Waals surface area contributed by atoms with Crippen LogP contribution < -0.4 is 10.2 Å². The summed E-state index contributed by atoms with van der Waals surface area (Å²) in [5, 5.41) is 8.25. The van der Waals surface area contributed by atoms with Crippen LogP contribution in [-0.2, 0) is 9.59 Å². The number of fused-ring (bicyclic) bond motifs is 1. The summed E-state index contributed by atoms with van der Waals surface area (Å²) in [6, 6.07) is 23.2. The van der Waals surface area contributed by atoms with Gasteiger partial charge in [-0.25, -0.2) is 9.07 Å². The van der Waals surface area contributed by atoms with Crippen molar-refractivity contribution >= 4 is 41.0 Å². The van der Waals surface area contributed by atoms with Crippen molar-refractivity contribution < 1.29 is 14.0 Å². The van der Waals surface area contributed by atoms with Gasteiger partial charge in [0.1, 0.15) is 18.2 Å². The number of carbonyl (C=O) groups excluding carboxylic acids is 2. The van der Waals surface area contributed by atoms with Crippen LogP contribution in [-0.4, -0.2) is 39.9 Å². The smallest absolute Gasteiger partial charge is 0.240 e. The lowest BCUT2D eigenvalue weighted by Crippen LogP contribution is -2.44. The minimum atomic E-state index is -0.381. The molecule has 0 bridgehead atoms. The summed E-state index contributed by atoms with van der Waals surface area (Å²) >= 11 is 7.87. The van der Waals surface area contributed by atoms with Crippen LogP contribution in [0.15, 0.2) is 78.9 Å². The molecule has 0 radical (unpaired) electrons. The molecule has 2 amide bonds. The number of amides is 2. The van der Waals surface area contributed by atoms with Gasteiger partial charge >= 0.3 is 0 Å². The van der Waals surface area contributed by atoms with Gasteiger partial charge in [-0.05, 0) is 55.3 Å². The summed E-state index contributed by atoms with van der Waals surface area (Å²) < 4.78 is 15.5.